The van der Waals surface area contributed by atoms with Gasteiger partial charge >= 0.3 is 0 Å². The fourth-order valence-corrected chi connectivity index (χ4v) is 3.96. The van der Waals surface area contributed by atoms with E-state index in [1.165, 1.54) is 0 Å². The van der Waals surface area contributed by atoms with Crippen LogP contribution in [0.4, 0.5) is 8.78 Å². The molecule has 4 rings (SSSR count). The zero-order valence-corrected chi connectivity index (χ0v) is 18.0. The Morgan fingerprint density at radius 1 is 1.22 bits per heavy atom. The van der Waals surface area contributed by atoms with E-state index in [0.29, 0.717) is 22.6 Å². The Balaban J connectivity index is 1.75. The second kappa shape index (κ2) is 8.57. The second-order valence-electron chi connectivity index (χ2n) is 8.28. The van der Waals surface area contributed by atoms with E-state index in [1.54, 1.807) is 6.20 Å². The van der Waals surface area contributed by atoms with Crippen molar-refractivity contribution in [3.05, 3.63) is 46.9 Å². The summed E-state index contributed by atoms with van der Waals surface area (Å²) in [7, 11) is 0. The van der Waals surface area contributed by atoms with Gasteiger partial charge in [0.2, 0.25) is 0 Å². The Bertz CT molecular complexity index is 1190. The molecule has 0 spiro atoms. The van der Waals surface area contributed by atoms with Gasteiger partial charge in [0.1, 0.15) is 28.8 Å². The minimum atomic E-state index is -2.75. The van der Waals surface area contributed by atoms with Gasteiger partial charge in [0, 0.05) is 12.2 Å². The number of imidazole rings is 1. The number of nitriles is 1. The maximum absolute atomic E-state index is 12.9. The summed E-state index contributed by atoms with van der Waals surface area (Å²) in [6.07, 6.45) is 3.68. The minimum absolute atomic E-state index is 0.0134. The molecule has 3 aromatic heterocycles. The zero-order valence-electron chi connectivity index (χ0n) is 18.0. The fourth-order valence-electron chi connectivity index (χ4n) is 3.96. The molecule has 3 aromatic rings. The average molecular weight is 439 g/mol. The predicted molar refractivity (Wildman–Crippen MR) is 112 cm³/mol. The van der Waals surface area contributed by atoms with Gasteiger partial charge in [-0.05, 0) is 45.1 Å². The molecular formula is C22H23F2N7O. The molecule has 166 valence electrons. The van der Waals surface area contributed by atoms with Crippen LogP contribution in [0, 0.1) is 24.2 Å². The molecular weight excluding hydrogens is 416 g/mol. The highest BCUT2D eigenvalue weighted by molar-refractivity contribution is 5.92. The molecule has 8 nitrogen and oxygen atoms in total. The maximum Gasteiger partial charge on any atom is 0.281 e. The molecule has 3 heterocycles. The number of pyridine rings is 1. The lowest BCUT2D eigenvalue weighted by molar-refractivity contribution is 0.0887. The summed E-state index contributed by atoms with van der Waals surface area (Å²) in [4.78, 5) is 29.7. The first-order valence-electron chi connectivity index (χ1n) is 10.5. The molecule has 32 heavy (non-hydrogen) atoms. The van der Waals surface area contributed by atoms with Gasteiger partial charge in [-0.2, -0.15) is 5.26 Å². The molecule has 1 atom stereocenters. The number of nitrogens with one attached hydrogen (secondary N) is 1. The van der Waals surface area contributed by atoms with Gasteiger partial charge < -0.3 is 9.88 Å². The quantitative estimate of drug-likeness (QED) is 0.617. The monoisotopic (exact) mass is 439 g/mol. The van der Waals surface area contributed by atoms with Crippen molar-refractivity contribution in [2.24, 2.45) is 5.92 Å². The number of hydrogen-bond donors (Lipinski definition) is 1. The van der Waals surface area contributed by atoms with Crippen LogP contribution in [0.5, 0.6) is 0 Å². The molecule has 1 saturated carbocycles. The van der Waals surface area contributed by atoms with Crippen molar-refractivity contribution >= 4 is 17.1 Å². The Morgan fingerprint density at radius 3 is 2.50 bits per heavy atom. The van der Waals surface area contributed by atoms with Crippen LogP contribution in [0.1, 0.15) is 84.8 Å². The number of fused-ring (bicyclic) bond motifs is 1. The third kappa shape index (κ3) is 3.79. The summed E-state index contributed by atoms with van der Waals surface area (Å²) < 4.78 is 27.5. The predicted octanol–water partition coefficient (Wildman–Crippen LogP) is 4.19. The third-order valence-corrected chi connectivity index (χ3v) is 5.94. The summed E-state index contributed by atoms with van der Waals surface area (Å²) in [5.41, 5.74) is 1.97. The summed E-state index contributed by atoms with van der Waals surface area (Å²) in [5, 5.41) is 12.4. The first kappa shape index (κ1) is 21.7. The number of hydrogen-bond acceptors (Lipinski definition) is 6. The van der Waals surface area contributed by atoms with E-state index >= 15 is 0 Å². The van der Waals surface area contributed by atoms with Crippen molar-refractivity contribution < 1.29 is 13.6 Å². The Hall–Kier alpha value is -3.48. The Labute approximate surface area is 183 Å². The number of aryl methyl sites for hydroxylation is 1. The summed E-state index contributed by atoms with van der Waals surface area (Å²) in [6, 6.07) is 1.74. The van der Waals surface area contributed by atoms with E-state index in [9.17, 15) is 18.8 Å². The van der Waals surface area contributed by atoms with Gasteiger partial charge in [0.25, 0.3) is 12.3 Å². The van der Waals surface area contributed by atoms with Gasteiger partial charge in [0.15, 0.2) is 5.65 Å². The molecule has 1 N–H and O–H groups in total. The number of aromatic nitrogens is 5. The van der Waals surface area contributed by atoms with Crippen molar-refractivity contribution in [2.45, 2.75) is 58.5 Å². The number of alkyl halides is 2. The van der Waals surface area contributed by atoms with Gasteiger partial charge in [-0.1, -0.05) is 6.42 Å². The summed E-state index contributed by atoms with van der Waals surface area (Å²) in [5.74, 6) is 0.341. The van der Waals surface area contributed by atoms with Crippen LogP contribution in [-0.2, 0) is 0 Å². The number of nitrogens with zero attached hydrogens (tertiary/aromatic N) is 6. The second-order valence-corrected chi connectivity index (χ2v) is 8.28. The van der Waals surface area contributed by atoms with Gasteiger partial charge in [-0.25, -0.2) is 23.7 Å². The molecule has 10 heteroatoms. The number of carbonyl (C=O) groups excluding carboxylic acids is 1. The Morgan fingerprint density at radius 2 is 1.97 bits per heavy atom. The van der Waals surface area contributed by atoms with E-state index in [4.69, 9.17) is 4.98 Å². The number of halogens is 2. The SMILES string of the molecule is Cc1c(C#N)cnc2c1nc([C@@H](NC(=O)c1cnc(C(F)F)cn1)C1CCC1)n2C(C)C. The molecule has 0 bridgehead atoms. The highest BCUT2D eigenvalue weighted by Crippen LogP contribution is 2.39. The Kier molecular flexibility index (Phi) is 5.82. The number of rotatable bonds is 6. The van der Waals surface area contributed by atoms with E-state index < -0.39 is 24.1 Å². The molecule has 1 aliphatic rings. The molecule has 1 fully saturated rings. The van der Waals surface area contributed by atoms with E-state index in [2.05, 4.69) is 26.3 Å². The molecule has 1 aliphatic carbocycles. The number of amides is 1. The topological polar surface area (TPSA) is 109 Å². The van der Waals surface area contributed by atoms with Gasteiger partial charge in [-0.3, -0.25) is 9.78 Å². The lowest BCUT2D eigenvalue weighted by atomic mass is 9.79. The van der Waals surface area contributed by atoms with E-state index in [-0.39, 0.29) is 17.7 Å². The normalized spacial score (nSPS) is 15.1. The standard InChI is InChI=1S/C22H23F2N7O/c1-11(2)31-20-17(12(3)14(7-25)8-28-20)29-21(31)18(13-5-4-6-13)30-22(32)16-10-26-15(9-27-16)19(23)24/h8-11,13,18-19H,4-6H2,1-3H3,(H,30,32)/t18-/m0/s1. The first-order valence-corrected chi connectivity index (χ1v) is 10.5. The van der Waals surface area contributed by atoms with Crippen molar-refractivity contribution in [3.8, 4) is 6.07 Å². The third-order valence-electron chi connectivity index (χ3n) is 5.94. The maximum atomic E-state index is 12.9. The molecule has 0 radical (unpaired) electrons. The van der Waals surface area contributed by atoms with Crippen LogP contribution in [0.25, 0.3) is 11.2 Å². The van der Waals surface area contributed by atoms with Gasteiger partial charge in [-0.15, -0.1) is 0 Å². The zero-order chi connectivity index (χ0) is 23.0. The molecule has 0 aromatic carbocycles. The lowest BCUT2D eigenvalue weighted by Crippen LogP contribution is -2.38. The minimum Gasteiger partial charge on any atom is -0.340 e. The van der Waals surface area contributed by atoms with Crippen LogP contribution in [0.3, 0.4) is 0 Å². The molecule has 1 amide bonds. The lowest BCUT2D eigenvalue weighted by Gasteiger charge is -2.34. The largest absolute Gasteiger partial charge is 0.340 e. The van der Waals surface area contributed by atoms with Crippen molar-refractivity contribution in [2.75, 3.05) is 0 Å². The smallest absolute Gasteiger partial charge is 0.281 e. The van der Waals surface area contributed by atoms with Gasteiger partial charge in [0.05, 0.1) is 24.0 Å². The molecule has 0 unspecified atom stereocenters. The number of carbonyl (C=O) groups is 1. The van der Waals surface area contributed by atoms with Crippen LogP contribution >= 0.6 is 0 Å². The van der Waals surface area contributed by atoms with E-state index in [1.807, 2.05) is 25.3 Å². The summed E-state index contributed by atoms with van der Waals surface area (Å²) in [6.45, 7) is 5.85. The van der Waals surface area contributed by atoms with E-state index in [0.717, 1.165) is 37.2 Å². The van der Waals surface area contributed by atoms with Crippen LogP contribution in [-0.4, -0.2) is 30.4 Å². The first-order chi connectivity index (χ1) is 15.3. The molecule has 0 aliphatic heterocycles. The highest BCUT2D eigenvalue weighted by atomic mass is 19.3. The average Bonchev–Trinajstić information content (AvgIpc) is 3.13. The fraction of sp³-hybridized carbons (Fsp3) is 0.455. The van der Waals surface area contributed by atoms with Crippen LogP contribution in [0.15, 0.2) is 18.6 Å². The van der Waals surface area contributed by atoms with Crippen LogP contribution in [0.2, 0.25) is 0 Å². The van der Waals surface area contributed by atoms with Crippen molar-refractivity contribution in [3.63, 3.8) is 0 Å². The van der Waals surface area contributed by atoms with Crippen LogP contribution < -0.4 is 5.32 Å². The van der Waals surface area contributed by atoms with Crippen molar-refractivity contribution in [1.29, 1.82) is 5.26 Å². The molecule has 0 saturated heterocycles. The summed E-state index contributed by atoms with van der Waals surface area (Å²) >= 11 is 0. The van der Waals surface area contributed by atoms with Crippen molar-refractivity contribution in [1.82, 2.24) is 29.8 Å². The highest BCUT2D eigenvalue weighted by Gasteiger charge is 2.35.